The molecule has 0 saturated carbocycles. The molecule has 0 aliphatic rings. The molecule has 4 aromatic carbocycles. The first-order valence-electron chi connectivity index (χ1n) is 13.7. The molecule has 0 aliphatic heterocycles. The minimum atomic E-state index is -1.04. The van der Waals surface area contributed by atoms with Crippen molar-refractivity contribution in [2.75, 3.05) is 6.61 Å². The summed E-state index contributed by atoms with van der Waals surface area (Å²) < 4.78 is 25.9. The van der Waals surface area contributed by atoms with E-state index in [2.05, 4.69) is 4.98 Å². The fourth-order valence-electron chi connectivity index (χ4n) is 4.51. The molecule has 0 amide bonds. The number of aromatic nitrogens is 2. The number of non-ortho nitro benzene ring substituents is 1. The molecule has 0 aliphatic carbocycles. The summed E-state index contributed by atoms with van der Waals surface area (Å²) in [6, 6.07) is 25.4. The summed E-state index contributed by atoms with van der Waals surface area (Å²) in [7, 11) is 0. The topological polar surface area (TPSA) is 128 Å². The Bertz CT molecular complexity index is 1780. The third-order valence-electron chi connectivity index (χ3n) is 6.75. The van der Waals surface area contributed by atoms with Crippen molar-refractivity contribution in [1.82, 2.24) is 9.97 Å². The predicted octanol–water partition coefficient (Wildman–Crippen LogP) is 3.28. The third kappa shape index (κ3) is 8.59. The van der Waals surface area contributed by atoms with Gasteiger partial charge in [-0.1, -0.05) is 48.5 Å². The van der Waals surface area contributed by atoms with E-state index in [1.165, 1.54) is 18.2 Å². The summed E-state index contributed by atoms with van der Waals surface area (Å²) in [5.41, 5.74) is 1.90. The Kier molecular flexibility index (Phi) is 11.4. The van der Waals surface area contributed by atoms with Crippen LogP contribution in [-0.2, 0) is 11.4 Å². The first kappa shape index (κ1) is 32.5. The second-order valence-electron chi connectivity index (χ2n) is 9.86. The van der Waals surface area contributed by atoms with Crippen molar-refractivity contribution in [2.45, 2.75) is 32.3 Å². The van der Waals surface area contributed by atoms with Crippen LogP contribution in [0.3, 0.4) is 0 Å². The van der Waals surface area contributed by atoms with E-state index < -0.39 is 16.7 Å². The van der Waals surface area contributed by atoms with Gasteiger partial charge in [-0.25, -0.2) is 9.37 Å². The molecule has 0 saturated heterocycles. The fourth-order valence-corrected chi connectivity index (χ4v) is 4.51. The number of hydrogen-bond donors (Lipinski definition) is 0. The van der Waals surface area contributed by atoms with Gasteiger partial charge in [0.25, 0.3) is 5.69 Å². The van der Waals surface area contributed by atoms with Crippen molar-refractivity contribution in [3.05, 3.63) is 112 Å². The fraction of sp³-hybridized carbons (Fsp3) is 0.182. The second kappa shape index (κ2) is 15.4. The summed E-state index contributed by atoms with van der Waals surface area (Å²) >= 11 is 0. The molecule has 44 heavy (non-hydrogen) atoms. The first-order valence-corrected chi connectivity index (χ1v) is 13.7. The number of nitro groups is 1. The zero-order valence-electron chi connectivity index (χ0n) is 24.1. The van der Waals surface area contributed by atoms with Gasteiger partial charge >= 0.3 is 29.6 Å². The van der Waals surface area contributed by atoms with Gasteiger partial charge in [0.15, 0.2) is 5.82 Å². The standard InChI is InChI=1S/C33H28FN3O6.Na/c34-29-10-4-3-7-26(29)21-43-31-20-30(24-8-6-9-27(18-24)37(40)41)35-33(36-31)25-13-12-23-19-28(15-14-22(23)17-25)42-16-5-1-2-11-32(38)39;/h3-4,6-10,12-15,17-20H,1-2,5,11,16,21H2,(H,38,39);/q;+1/p-1. The van der Waals surface area contributed by atoms with E-state index in [1.54, 1.807) is 36.4 Å². The summed E-state index contributed by atoms with van der Waals surface area (Å²) in [6.45, 7) is 0.416. The van der Waals surface area contributed by atoms with Crippen LogP contribution in [-0.4, -0.2) is 27.5 Å². The molecule has 5 aromatic rings. The number of carboxylic acid groups (broad SMARTS) is 1. The molecule has 11 heteroatoms. The number of carboxylic acids is 1. The largest absolute Gasteiger partial charge is 1.00 e. The van der Waals surface area contributed by atoms with Crippen LogP contribution in [0.15, 0.2) is 91.0 Å². The molecule has 0 fully saturated rings. The number of carbonyl (C=O) groups is 1. The maximum Gasteiger partial charge on any atom is 1.00 e. The summed E-state index contributed by atoms with van der Waals surface area (Å²) in [5.74, 6) is -0.205. The number of fused-ring (bicyclic) bond motifs is 1. The molecule has 1 heterocycles. The quantitative estimate of drug-likeness (QED) is 0.0869. The minimum absolute atomic E-state index is 0. The van der Waals surface area contributed by atoms with E-state index in [9.17, 15) is 24.4 Å². The Balaban J connectivity index is 0.00000442. The number of unbranched alkanes of at least 4 members (excludes halogenated alkanes) is 2. The van der Waals surface area contributed by atoms with Crippen LogP contribution >= 0.6 is 0 Å². The van der Waals surface area contributed by atoms with Gasteiger partial charge in [0, 0.05) is 40.9 Å². The van der Waals surface area contributed by atoms with Gasteiger partial charge in [-0.15, -0.1) is 0 Å². The van der Waals surface area contributed by atoms with Gasteiger partial charge in [0.1, 0.15) is 18.2 Å². The predicted molar refractivity (Wildman–Crippen MR) is 157 cm³/mol. The number of nitro benzene ring substituents is 1. The molecular formula is C33H27FN3NaO6. The van der Waals surface area contributed by atoms with Crippen molar-refractivity contribution in [1.29, 1.82) is 0 Å². The van der Waals surface area contributed by atoms with Crippen molar-refractivity contribution in [3.8, 4) is 34.3 Å². The van der Waals surface area contributed by atoms with E-state index in [1.807, 2.05) is 36.4 Å². The monoisotopic (exact) mass is 603 g/mol. The van der Waals surface area contributed by atoms with Gasteiger partial charge in [-0.3, -0.25) is 10.1 Å². The van der Waals surface area contributed by atoms with Gasteiger partial charge in [0.2, 0.25) is 5.88 Å². The normalized spacial score (nSPS) is 10.7. The number of aliphatic carboxylic acids is 1. The van der Waals surface area contributed by atoms with Crippen LogP contribution in [0.2, 0.25) is 0 Å². The molecule has 218 valence electrons. The molecular weight excluding hydrogens is 576 g/mol. The van der Waals surface area contributed by atoms with E-state index in [-0.39, 0.29) is 54.2 Å². The molecule has 0 radical (unpaired) electrons. The van der Waals surface area contributed by atoms with Gasteiger partial charge in [0.05, 0.1) is 17.2 Å². The molecule has 0 N–H and O–H groups in total. The van der Waals surface area contributed by atoms with Crippen LogP contribution in [0.4, 0.5) is 10.1 Å². The molecule has 0 unspecified atom stereocenters. The smallest absolute Gasteiger partial charge is 0.550 e. The maximum absolute atomic E-state index is 14.2. The zero-order valence-corrected chi connectivity index (χ0v) is 26.1. The Morgan fingerprint density at radius 2 is 1.61 bits per heavy atom. The first-order chi connectivity index (χ1) is 20.9. The minimum Gasteiger partial charge on any atom is -0.550 e. The zero-order chi connectivity index (χ0) is 30.2. The number of halogens is 1. The van der Waals surface area contributed by atoms with Gasteiger partial charge < -0.3 is 19.4 Å². The number of ether oxygens (including phenoxy) is 2. The maximum atomic E-state index is 14.2. The van der Waals surface area contributed by atoms with Crippen LogP contribution in [0.5, 0.6) is 11.6 Å². The van der Waals surface area contributed by atoms with E-state index in [0.717, 1.165) is 23.6 Å². The van der Waals surface area contributed by atoms with Gasteiger partial charge in [-0.2, -0.15) is 4.98 Å². The molecule has 0 atom stereocenters. The Morgan fingerprint density at radius 1 is 0.818 bits per heavy atom. The number of hydrogen-bond acceptors (Lipinski definition) is 8. The van der Waals surface area contributed by atoms with Crippen LogP contribution in [0.1, 0.15) is 31.2 Å². The van der Waals surface area contributed by atoms with Gasteiger partial charge in [-0.05, 0) is 60.7 Å². The molecule has 1 aromatic heterocycles. The van der Waals surface area contributed by atoms with Crippen LogP contribution in [0, 0.1) is 15.9 Å². The van der Waals surface area contributed by atoms with Crippen LogP contribution in [0.25, 0.3) is 33.4 Å². The van der Waals surface area contributed by atoms with E-state index in [0.29, 0.717) is 47.0 Å². The molecule has 0 spiro atoms. The van der Waals surface area contributed by atoms with E-state index in [4.69, 9.17) is 14.5 Å². The van der Waals surface area contributed by atoms with Crippen molar-refractivity contribution < 1.29 is 58.2 Å². The summed E-state index contributed by atoms with van der Waals surface area (Å²) in [4.78, 5) is 30.7. The Labute approximate surface area is 275 Å². The molecule has 9 nitrogen and oxygen atoms in total. The number of carbonyl (C=O) groups excluding carboxylic acids is 1. The number of rotatable bonds is 13. The molecule has 0 bridgehead atoms. The number of benzene rings is 4. The average molecular weight is 604 g/mol. The second-order valence-corrected chi connectivity index (χ2v) is 9.86. The summed E-state index contributed by atoms with van der Waals surface area (Å²) in [5, 5.41) is 23.8. The Morgan fingerprint density at radius 3 is 2.41 bits per heavy atom. The van der Waals surface area contributed by atoms with Crippen molar-refractivity contribution in [2.24, 2.45) is 0 Å². The van der Waals surface area contributed by atoms with Crippen LogP contribution < -0.4 is 44.1 Å². The third-order valence-corrected chi connectivity index (χ3v) is 6.75. The van der Waals surface area contributed by atoms with Crippen molar-refractivity contribution >= 4 is 22.4 Å². The SMILES string of the molecule is O=C([O-])CCCCCOc1ccc2cc(-c3nc(OCc4ccccc4F)cc(-c4cccc([N+](=O)[O-])c4)n3)ccc2c1.[Na+]. The summed E-state index contributed by atoms with van der Waals surface area (Å²) in [6.07, 6.45) is 2.10. The average Bonchev–Trinajstić information content (AvgIpc) is 3.01. The van der Waals surface area contributed by atoms with Crippen molar-refractivity contribution in [3.63, 3.8) is 0 Å². The number of nitrogens with zero attached hydrogens (tertiary/aromatic N) is 3. The van der Waals surface area contributed by atoms with E-state index >= 15 is 0 Å². The molecule has 5 rings (SSSR count). The Hall–Kier alpha value is -4.38.